The number of halogens is 1. The number of nitrogens with one attached hydrogen (secondary N) is 1. The van der Waals surface area contributed by atoms with Crippen molar-refractivity contribution in [2.24, 2.45) is 0 Å². The fourth-order valence-corrected chi connectivity index (χ4v) is 0.574. The van der Waals surface area contributed by atoms with Gasteiger partial charge in [0.15, 0.2) is 5.69 Å². The molecule has 0 saturated carbocycles. The minimum Gasteiger partial charge on any atom is -0.476 e. The molecule has 0 amide bonds. The van der Waals surface area contributed by atoms with Gasteiger partial charge in [0.2, 0.25) is 0 Å². The summed E-state index contributed by atoms with van der Waals surface area (Å²) in [6.07, 6.45) is 1.36. The zero-order valence-electron chi connectivity index (χ0n) is 5.29. The first-order chi connectivity index (χ1) is 4.22. The van der Waals surface area contributed by atoms with Crippen LogP contribution in [0.3, 0.4) is 0 Å². The summed E-state index contributed by atoms with van der Waals surface area (Å²) in [5.74, 6) is -0.992. The second-order valence-corrected chi connectivity index (χ2v) is 1.68. The van der Waals surface area contributed by atoms with Gasteiger partial charge in [0, 0.05) is 5.69 Å². The summed E-state index contributed by atoms with van der Waals surface area (Å²) in [6.45, 7) is 1.66. The van der Waals surface area contributed by atoms with E-state index in [4.69, 9.17) is 5.11 Å². The molecule has 0 aromatic carbocycles. The van der Waals surface area contributed by atoms with Crippen molar-refractivity contribution in [3.05, 3.63) is 17.7 Å². The van der Waals surface area contributed by atoms with Crippen LogP contribution in [0, 0.1) is 6.92 Å². The number of H-pyrrole nitrogens is 1. The van der Waals surface area contributed by atoms with Crippen molar-refractivity contribution < 1.29 is 9.90 Å². The van der Waals surface area contributed by atoms with Gasteiger partial charge >= 0.3 is 5.97 Å². The molecule has 10 heavy (non-hydrogen) atoms. The van der Waals surface area contributed by atoms with Crippen molar-refractivity contribution >= 4 is 18.4 Å². The molecule has 56 valence electrons. The predicted octanol–water partition coefficient (Wildman–Crippen LogP) is 0.838. The molecule has 2 N–H and O–H groups in total. The number of carboxylic acids is 1. The highest BCUT2D eigenvalue weighted by atomic mass is 35.5. The number of imidazole rings is 1. The van der Waals surface area contributed by atoms with E-state index in [0.717, 1.165) is 0 Å². The Balaban J connectivity index is 0.000000810. The second kappa shape index (κ2) is 3.22. The normalized spacial score (nSPS) is 8.50. The number of hydrogen-bond donors (Lipinski definition) is 2. The first-order valence-electron chi connectivity index (χ1n) is 2.45. The Morgan fingerprint density at radius 3 is 2.60 bits per heavy atom. The molecule has 0 aliphatic rings. The molecule has 0 radical (unpaired) electrons. The standard InChI is InChI=1S/C5H6N2O2.ClH/c1-3-4(5(8)9)7-2-6-3;/h2H,1H3,(H,6,7)(H,8,9);1H. The number of aryl methyl sites for hydroxylation is 1. The van der Waals surface area contributed by atoms with Gasteiger partial charge in [0.1, 0.15) is 0 Å². The van der Waals surface area contributed by atoms with Crippen molar-refractivity contribution in [1.82, 2.24) is 9.97 Å². The van der Waals surface area contributed by atoms with Crippen molar-refractivity contribution in [2.45, 2.75) is 6.92 Å². The average Bonchev–Trinajstić information content (AvgIpc) is 2.13. The van der Waals surface area contributed by atoms with Crippen LogP contribution in [-0.4, -0.2) is 21.0 Å². The molecule has 0 unspecified atom stereocenters. The number of aromatic amines is 1. The Morgan fingerprint density at radius 1 is 1.80 bits per heavy atom. The van der Waals surface area contributed by atoms with Gasteiger partial charge in [0.25, 0.3) is 0 Å². The Labute approximate surface area is 63.7 Å². The highest BCUT2D eigenvalue weighted by molar-refractivity contribution is 5.86. The Kier molecular flexibility index (Phi) is 2.89. The van der Waals surface area contributed by atoms with Gasteiger partial charge in [-0.2, -0.15) is 0 Å². The van der Waals surface area contributed by atoms with E-state index in [1.54, 1.807) is 6.92 Å². The molecule has 0 saturated heterocycles. The minimum absolute atomic E-state index is 0. The summed E-state index contributed by atoms with van der Waals surface area (Å²) in [5, 5.41) is 8.37. The zero-order chi connectivity index (χ0) is 6.85. The average molecular weight is 163 g/mol. The summed E-state index contributed by atoms with van der Waals surface area (Å²) < 4.78 is 0. The smallest absolute Gasteiger partial charge is 0.356 e. The highest BCUT2D eigenvalue weighted by Crippen LogP contribution is 1.98. The molecule has 0 spiro atoms. The fraction of sp³-hybridized carbons (Fsp3) is 0.200. The van der Waals surface area contributed by atoms with Crippen molar-refractivity contribution in [3.8, 4) is 0 Å². The van der Waals surface area contributed by atoms with Crippen LogP contribution in [0.4, 0.5) is 0 Å². The van der Waals surface area contributed by atoms with Crippen LogP contribution >= 0.6 is 12.4 Å². The van der Waals surface area contributed by atoms with Crippen LogP contribution < -0.4 is 0 Å². The number of aromatic carboxylic acids is 1. The lowest BCUT2D eigenvalue weighted by Gasteiger charge is -1.85. The summed E-state index contributed by atoms with van der Waals surface area (Å²) in [6, 6.07) is 0. The molecule has 1 rings (SSSR count). The molecular formula is C5H7ClN2O2. The van der Waals surface area contributed by atoms with Crippen LogP contribution in [0.1, 0.15) is 16.2 Å². The first kappa shape index (κ1) is 8.97. The van der Waals surface area contributed by atoms with E-state index in [9.17, 15) is 4.79 Å². The summed E-state index contributed by atoms with van der Waals surface area (Å²) in [5.41, 5.74) is 0.678. The molecule has 5 heteroatoms. The van der Waals surface area contributed by atoms with Gasteiger partial charge in [-0.3, -0.25) is 0 Å². The van der Waals surface area contributed by atoms with Crippen LogP contribution in [0.15, 0.2) is 6.33 Å². The maximum absolute atomic E-state index is 10.2. The lowest BCUT2D eigenvalue weighted by Crippen LogP contribution is -1.98. The summed E-state index contributed by atoms with van der Waals surface area (Å²) in [7, 11) is 0. The molecule has 0 bridgehead atoms. The summed E-state index contributed by atoms with van der Waals surface area (Å²) in [4.78, 5) is 16.4. The van der Waals surface area contributed by atoms with Gasteiger partial charge in [-0.15, -0.1) is 12.4 Å². The van der Waals surface area contributed by atoms with E-state index in [2.05, 4.69) is 9.97 Å². The second-order valence-electron chi connectivity index (χ2n) is 1.68. The molecule has 1 heterocycles. The van der Waals surface area contributed by atoms with Crippen molar-refractivity contribution in [2.75, 3.05) is 0 Å². The molecule has 0 fully saturated rings. The lowest BCUT2D eigenvalue weighted by molar-refractivity contribution is 0.0690. The molecule has 4 nitrogen and oxygen atoms in total. The summed E-state index contributed by atoms with van der Waals surface area (Å²) >= 11 is 0. The van der Waals surface area contributed by atoms with Gasteiger partial charge in [-0.25, -0.2) is 9.78 Å². The molecular weight excluding hydrogens is 156 g/mol. The molecule has 1 aromatic heterocycles. The minimum atomic E-state index is -0.992. The van der Waals surface area contributed by atoms with E-state index < -0.39 is 5.97 Å². The maximum Gasteiger partial charge on any atom is 0.356 e. The van der Waals surface area contributed by atoms with Crippen LogP contribution in [0.25, 0.3) is 0 Å². The van der Waals surface area contributed by atoms with Gasteiger partial charge in [-0.05, 0) is 6.92 Å². The number of nitrogens with zero attached hydrogens (tertiary/aromatic N) is 1. The highest BCUT2D eigenvalue weighted by Gasteiger charge is 2.07. The number of rotatable bonds is 1. The monoisotopic (exact) mass is 162 g/mol. The first-order valence-corrected chi connectivity index (χ1v) is 2.45. The topological polar surface area (TPSA) is 66.0 Å². The van der Waals surface area contributed by atoms with Crippen molar-refractivity contribution in [1.29, 1.82) is 0 Å². The largest absolute Gasteiger partial charge is 0.476 e. The lowest BCUT2D eigenvalue weighted by atomic mass is 10.4. The fourth-order valence-electron chi connectivity index (χ4n) is 0.574. The van der Waals surface area contributed by atoms with Crippen LogP contribution in [-0.2, 0) is 0 Å². The molecule has 0 aliphatic heterocycles. The number of carboxylic acid groups (broad SMARTS) is 1. The predicted molar refractivity (Wildman–Crippen MR) is 37.5 cm³/mol. The number of hydrogen-bond acceptors (Lipinski definition) is 2. The van der Waals surface area contributed by atoms with E-state index in [1.165, 1.54) is 6.33 Å². The SMILES string of the molecule is Cc1[nH]cnc1C(=O)O.Cl. The molecule has 0 aliphatic carbocycles. The van der Waals surface area contributed by atoms with Crippen LogP contribution in [0.2, 0.25) is 0 Å². The van der Waals surface area contributed by atoms with Crippen molar-refractivity contribution in [3.63, 3.8) is 0 Å². The van der Waals surface area contributed by atoms with E-state index >= 15 is 0 Å². The quantitative estimate of drug-likeness (QED) is 0.643. The van der Waals surface area contributed by atoms with Gasteiger partial charge in [-0.1, -0.05) is 0 Å². The third-order valence-electron chi connectivity index (χ3n) is 1.03. The van der Waals surface area contributed by atoms with Gasteiger partial charge < -0.3 is 10.1 Å². The van der Waals surface area contributed by atoms with E-state index in [1.807, 2.05) is 0 Å². The molecule has 0 atom stereocenters. The Hall–Kier alpha value is -1.03. The van der Waals surface area contributed by atoms with Gasteiger partial charge in [0.05, 0.1) is 6.33 Å². The van der Waals surface area contributed by atoms with Crippen LogP contribution in [0.5, 0.6) is 0 Å². The Morgan fingerprint density at radius 2 is 2.40 bits per heavy atom. The number of carbonyl (C=O) groups is 1. The Bertz CT molecular complexity index is 233. The van der Waals surface area contributed by atoms with E-state index in [0.29, 0.717) is 5.69 Å². The third kappa shape index (κ3) is 1.48. The number of aromatic nitrogens is 2. The van der Waals surface area contributed by atoms with E-state index in [-0.39, 0.29) is 18.1 Å². The zero-order valence-corrected chi connectivity index (χ0v) is 6.10. The maximum atomic E-state index is 10.2. The third-order valence-corrected chi connectivity index (χ3v) is 1.03. The molecule has 1 aromatic rings.